The van der Waals surface area contributed by atoms with Crippen molar-refractivity contribution in [1.29, 1.82) is 0 Å². The van der Waals surface area contributed by atoms with E-state index < -0.39 is 0 Å². The number of rotatable bonds is 7. The Morgan fingerprint density at radius 2 is 1.15 bits per heavy atom. The number of fused-ring (bicyclic) bond motifs is 4. The van der Waals surface area contributed by atoms with Crippen LogP contribution in [0, 0.1) is 5.92 Å². The summed E-state index contributed by atoms with van der Waals surface area (Å²) < 4.78 is 7.04. The van der Waals surface area contributed by atoms with Gasteiger partial charge in [0.05, 0.1) is 5.69 Å². The number of hydrogen-bond donors (Lipinski definition) is 0. The van der Waals surface area contributed by atoms with Gasteiger partial charge in [-0.1, -0.05) is 170 Å². The summed E-state index contributed by atoms with van der Waals surface area (Å²) in [6.45, 7) is 0. The van der Waals surface area contributed by atoms with Crippen molar-refractivity contribution < 1.29 is 4.74 Å². The average Bonchev–Trinajstić information content (AvgIpc) is 3.64. The first-order valence-electron chi connectivity index (χ1n) is 19.0. The Morgan fingerprint density at radius 1 is 0.519 bits per heavy atom. The zero-order chi connectivity index (χ0) is 35.8. The average molecular weight is 694 g/mol. The van der Waals surface area contributed by atoms with E-state index in [0.29, 0.717) is 0 Å². The zero-order valence-electron chi connectivity index (χ0n) is 30.0. The minimum Gasteiger partial charge on any atom is -0.484 e. The van der Waals surface area contributed by atoms with Gasteiger partial charge >= 0.3 is 0 Å². The summed E-state index contributed by atoms with van der Waals surface area (Å²) in [5, 5.41) is 2.43. The number of hydrogen-bond acceptors (Lipinski definition) is 2. The normalized spacial score (nSPS) is 17.3. The molecular weight excluding hydrogens is 655 g/mol. The fourth-order valence-electron chi connectivity index (χ4n) is 8.62. The lowest BCUT2D eigenvalue weighted by atomic mass is 9.80. The monoisotopic (exact) mass is 693 g/mol. The maximum atomic E-state index is 7.04. The van der Waals surface area contributed by atoms with Gasteiger partial charge in [-0.2, -0.15) is 0 Å². The molecule has 0 amide bonds. The van der Waals surface area contributed by atoms with Crippen LogP contribution >= 0.6 is 0 Å². The molecule has 10 rings (SSSR count). The third-order valence-electron chi connectivity index (χ3n) is 11.1. The minimum absolute atomic E-state index is 0.0249. The second kappa shape index (κ2) is 13.7. The van der Waals surface area contributed by atoms with Gasteiger partial charge in [-0.25, -0.2) is 0 Å². The fourth-order valence-corrected chi connectivity index (χ4v) is 8.62. The maximum absolute atomic E-state index is 7.04. The highest BCUT2D eigenvalue weighted by Crippen LogP contribution is 2.50. The van der Waals surface area contributed by atoms with Crippen molar-refractivity contribution in [1.82, 2.24) is 0 Å². The van der Waals surface area contributed by atoms with E-state index in [4.69, 9.17) is 4.74 Å². The van der Waals surface area contributed by atoms with Gasteiger partial charge in [0.25, 0.3) is 0 Å². The van der Waals surface area contributed by atoms with Crippen molar-refractivity contribution in [3.8, 4) is 22.3 Å². The Hall–Kier alpha value is -6.64. The molecule has 2 heteroatoms. The SMILES string of the molecule is C1=CC2C3=CCCC(c4ccccc4-c4cccc(N(c5cccc(-c6ccccc6)c5)c5cccc6ccccc56)c4)=C3OC2C(c2ccccc2)=C1. The highest BCUT2D eigenvalue weighted by atomic mass is 16.5. The topological polar surface area (TPSA) is 12.5 Å². The smallest absolute Gasteiger partial charge is 0.135 e. The molecule has 1 fully saturated rings. The van der Waals surface area contributed by atoms with E-state index >= 15 is 0 Å². The van der Waals surface area contributed by atoms with Gasteiger partial charge in [0.15, 0.2) is 0 Å². The van der Waals surface area contributed by atoms with Crippen molar-refractivity contribution >= 4 is 39.0 Å². The number of anilines is 3. The predicted octanol–water partition coefficient (Wildman–Crippen LogP) is 13.7. The lowest BCUT2D eigenvalue weighted by Gasteiger charge is -2.28. The lowest BCUT2D eigenvalue weighted by molar-refractivity contribution is 0.193. The Kier molecular flexibility index (Phi) is 8.15. The molecule has 0 bridgehead atoms. The van der Waals surface area contributed by atoms with E-state index in [1.165, 1.54) is 60.9 Å². The summed E-state index contributed by atoms with van der Waals surface area (Å²) in [6, 6.07) is 63.4. The molecule has 1 aliphatic heterocycles. The van der Waals surface area contributed by atoms with E-state index in [-0.39, 0.29) is 12.0 Å². The van der Waals surface area contributed by atoms with Crippen LogP contribution in [0.15, 0.2) is 212 Å². The Balaban J connectivity index is 1.09. The summed E-state index contributed by atoms with van der Waals surface area (Å²) >= 11 is 0. The second-order valence-electron chi connectivity index (χ2n) is 14.3. The highest BCUT2D eigenvalue weighted by Gasteiger charge is 2.41. The van der Waals surface area contributed by atoms with Crippen LogP contribution in [0.3, 0.4) is 0 Å². The van der Waals surface area contributed by atoms with E-state index in [0.717, 1.165) is 35.7 Å². The molecule has 0 saturated carbocycles. The van der Waals surface area contributed by atoms with Crippen molar-refractivity contribution in [2.24, 2.45) is 5.92 Å². The Bertz CT molecular complexity index is 2640. The summed E-state index contributed by atoms with van der Waals surface area (Å²) in [6.07, 6.45) is 11.1. The van der Waals surface area contributed by atoms with Crippen LogP contribution in [0.5, 0.6) is 0 Å². The van der Waals surface area contributed by atoms with Crippen molar-refractivity contribution in [2.75, 3.05) is 4.90 Å². The lowest BCUT2D eigenvalue weighted by Crippen LogP contribution is -2.19. The summed E-state index contributed by atoms with van der Waals surface area (Å²) in [7, 11) is 0. The van der Waals surface area contributed by atoms with Gasteiger partial charge in [0.2, 0.25) is 0 Å². The standard InChI is InChI=1S/C52H39NO/c1-3-16-36(17-4-1)39-22-11-24-41(34-39)53(50-33-13-21-37-20-7-8-27-44(37)50)42-25-12-23-40(35-42)43-26-9-10-28-46(43)47-30-15-32-49-48-31-14-29-45(51(48)54-52(47)49)38-18-5-2-6-19-38/h1-14,16-29,31-35,48,51H,15,30H2. The molecule has 7 aromatic carbocycles. The third-order valence-corrected chi connectivity index (χ3v) is 11.1. The second-order valence-corrected chi connectivity index (χ2v) is 14.3. The molecule has 54 heavy (non-hydrogen) atoms. The van der Waals surface area contributed by atoms with Gasteiger partial charge < -0.3 is 9.64 Å². The van der Waals surface area contributed by atoms with Gasteiger partial charge in [-0.15, -0.1) is 0 Å². The van der Waals surface area contributed by atoms with E-state index in [2.05, 4.69) is 205 Å². The summed E-state index contributed by atoms with van der Waals surface area (Å²) in [4.78, 5) is 2.42. The zero-order valence-corrected chi connectivity index (χ0v) is 30.0. The summed E-state index contributed by atoms with van der Waals surface area (Å²) in [5.41, 5.74) is 14.5. The summed E-state index contributed by atoms with van der Waals surface area (Å²) in [5.74, 6) is 1.27. The van der Waals surface area contributed by atoms with Gasteiger partial charge in [-0.3, -0.25) is 0 Å². The molecule has 0 N–H and O–H groups in total. The maximum Gasteiger partial charge on any atom is 0.135 e. The Morgan fingerprint density at radius 3 is 1.96 bits per heavy atom. The first kappa shape index (κ1) is 32.0. The van der Waals surface area contributed by atoms with Crippen LogP contribution in [-0.4, -0.2) is 6.10 Å². The molecule has 2 nitrogen and oxygen atoms in total. The third kappa shape index (κ3) is 5.68. The molecule has 1 saturated heterocycles. The molecule has 0 aromatic heterocycles. The Labute approximate surface area is 317 Å². The van der Waals surface area contributed by atoms with Crippen molar-refractivity contribution in [3.63, 3.8) is 0 Å². The number of benzene rings is 7. The largest absolute Gasteiger partial charge is 0.484 e. The van der Waals surface area contributed by atoms with Crippen molar-refractivity contribution in [3.05, 3.63) is 223 Å². The number of allylic oxidation sites excluding steroid dienone is 5. The van der Waals surface area contributed by atoms with Crippen molar-refractivity contribution in [2.45, 2.75) is 18.9 Å². The molecule has 3 aliphatic rings. The molecule has 1 heterocycles. The van der Waals surface area contributed by atoms with Gasteiger partial charge in [0, 0.05) is 39.4 Å². The molecule has 2 unspecified atom stereocenters. The molecular formula is C52H39NO. The number of nitrogens with zero attached hydrogens (tertiary/aromatic N) is 1. The minimum atomic E-state index is -0.0249. The molecule has 0 radical (unpaired) electrons. The van der Waals surface area contributed by atoms with E-state index in [1.807, 2.05) is 0 Å². The molecule has 258 valence electrons. The predicted molar refractivity (Wildman–Crippen MR) is 226 cm³/mol. The van der Waals surface area contributed by atoms with E-state index in [1.54, 1.807) is 0 Å². The van der Waals surface area contributed by atoms with Crippen LogP contribution in [-0.2, 0) is 4.74 Å². The number of ether oxygens (including phenoxy) is 1. The highest BCUT2D eigenvalue weighted by molar-refractivity contribution is 5.99. The van der Waals surface area contributed by atoms with Crippen LogP contribution in [0.1, 0.15) is 24.0 Å². The van der Waals surface area contributed by atoms with Crippen LogP contribution in [0.2, 0.25) is 0 Å². The first-order chi connectivity index (χ1) is 26.8. The molecule has 0 spiro atoms. The van der Waals surface area contributed by atoms with E-state index in [9.17, 15) is 0 Å². The first-order valence-corrected chi connectivity index (χ1v) is 19.0. The molecule has 2 aliphatic carbocycles. The quantitative estimate of drug-likeness (QED) is 0.165. The van der Waals surface area contributed by atoms with Gasteiger partial charge in [0.1, 0.15) is 11.9 Å². The van der Waals surface area contributed by atoms with Crippen LogP contribution in [0.4, 0.5) is 17.1 Å². The fraction of sp³-hybridized carbons (Fsp3) is 0.0769. The van der Waals surface area contributed by atoms with Gasteiger partial charge in [-0.05, 0) is 81.9 Å². The van der Waals surface area contributed by atoms with Crippen LogP contribution in [0.25, 0.3) is 44.2 Å². The molecule has 2 atom stereocenters. The van der Waals surface area contributed by atoms with Crippen LogP contribution < -0.4 is 4.90 Å². The molecule has 7 aromatic rings.